The average Bonchev–Trinajstić information content (AvgIpc) is 2.60. The number of hydrogen-bond acceptors (Lipinski definition) is 2. The number of hydrogen-bond donors (Lipinski definition) is 0. The molecule has 0 saturated carbocycles. The van der Waals surface area contributed by atoms with E-state index in [1.165, 1.54) is 5.56 Å². The van der Waals surface area contributed by atoms with Gasteiger partial charge in [-0.3, -0.25) is 0 Å². The Bertz CT molecular complexity index is 402. The van der Waals surface area contributed by atoms with Crippen LogP contribution in [-0.4, -0.2) is 30.3 Å². The molecule has 0 fully saturated rings. The highest BCUT2D eigenvalue weighted by Crippen LogP contribution is 2.16. The monoisotopic (exact) mass is 275 g/mol. The molecule has 0 bridgehead atoms. The molecule has 0 spiro atoms. The molecular formula is C12H16BF4N2-. The molecule has 0 saturated heterocycles. The van der Waals surface area contributed by atoms with Gasteiger partial charge in [0.2, 0.25) is 0 Å². The van der Waals surface area contributed by atoms with E-state index < -0.39 is 7.25 Å². The van der Waals surface area contributed by atoms with Crippen molar-refractivity contribution in [3.63, 3.8) is 0 Å². The molecule has 0 aliphatic carbocycles. The third-order valence-electron chi connectivity index (χ3n) is 2.77. The lowest BCUT2D eigenvalue weighted by Gasteiger charge is -2.27. The quantitative estimate of drug-likeness (QED) is 0.601. The summed E-state index contributed by atoms with van der Waals surface area (Å²) in [4.78, 5) is 4.54. The van der Waals surface area contributed by atoms with E-state index in [0.29, 0.717) is 6.17 Å². The van der Waals surface area contributed by atoms with Crippen molar-refractivity contribution < 1.29 is 17.3 Å². The van der Waals surface area contributed by atoms with Crippen LogP contribution >= 0.6 is 0 Å². The van der Waals surface area contributed by atoms with Crippen LogP contribution in [0.4, 0.5) is 17.3 Å². The van der Waals surface area contributed by atoms with E-state index in [9.17, 15) is 17.3 Å². The molecule has 1 aliphatic heterocycles. The van der Waals surface area contributed by atoms with Gasteiger partial charge in [0.25, 0.3) is 0 Å². The smallest absolute Gasteiger partial charge is 0.418 e. The van der Waals surface area contributed by atoms with Gasteiger partial charge in [-0.25, -0.2) is 0 Å². The van der Waals surface area contributed by atoms with Crippen molar-refractivity contribution in [3.05, 3.63) is 48.3 Å². The molecule has 1 aromatic rings. The molecule has 1 aromatic carbocycles. The predicted octanol–water partition coefficient (Wildman–Crippen LogP) is 3.55. The second-order valence-electron chi connectivity index (χ2n) is 4.25. The van der Waals surface area contributed by atoms with Crippen LogP contribution in [0.15, 0.2) is 42.7 Å². The molecule has 2 rings (SSSR count). The van der Waals surface area contributed by atoms with Crippen LogP contribution in [0.5, 0.6) is 0 Å². The van der Waals surface area contributed by atoms with Gasteiger partial charge in [-0.1, -0.05) is 30.3 Å². The summed E-state index contributed by atoms with van der Waals surface area (Å²) in [7, 11) is -3.90. The van der Waals surface area contributed by atoms with E-state index >= 15 is 0 Å². The van der Waals surface area contributed by atoms with Crippen LogP contribution < -0.4 is 0 Å². The zero-order chi connectivity index (χ0) is 14.5. The van der Waals surface area contributed by atoms with Gasteiger partial charge in [-0.15, -0.1) is 0 Å². The Morgan fingerprint density at radius 3 is 2.00 bits per heavy atom. The first-order chi connectivity index (χ1) is 8.77. The van der Waals surface area contributed by atoms with Crippen LogP contribution in [0.2, 0.25) is 0 Å². The van der Waals surface area contributed by atoms with Crippen molar-refractivity contribution in [1.29, 1.82) is 0 Å². The van der Waals surface area contributed by atoms with Gasteiger partial charge < -0.3 is 27.1 Å². The molecule has 1 aliphatic rings. The molecule has 2 nitrogen and oxygen atoms in total. The first kappa shape index (κ1) is 15.4. The van der Waals surface area contributed by atoms with E-state index in [4.69, 9.17) is 0 Å². The molecule has 7 heteroatoms. The summed E-state index contributed by atoms with van der Waals surface area (Å²) >= 11 is 0. The summed E-state index contributed by atoms with van der Waals surface area (Å²) in [5, 5.41) is 0. The zero-order valence-electron chi connectivity index (χ0n) is 10.8. The Balaban J connectivity index is 0.000000312. The second kappa shape index (κ2) is 6.49. The molecule has 0 aromatic heterocycles. The fourth-order valence-corrected chi connectivity index (χ4v) is 1.65. The summed E-state index contributed by atoms with van der Waals surface area (Å²) in [5.41, 5.74) is 1.36. The average molecular weight is 275 g/mol. The van der Waals surface area contributed by atoms with E-state index in [2.05, 4.69) is 66.5 Å². The van der Waals surface area contributed by atoms with E-state index in [0.717, 1.165) is 6.54 Å². The highest BCUT2D eigenvalue weighted by molar-refractivity contribution is 6.50. The van der Waals surface area contributed by atoms with E-state index in [1.54, 1.807) is 0 Å². The van der Waals surface area contributed by atoms with Crippen molar-refractivity contribution in [2.24, 2.45) is 0 Å². The lowest BCUT2D eigenvalue weighted by molar-refractivity contribution is 0.189. The predicted molar refractivity (Wildman–Crippen MR) is 68.5 cm³/mol. The molecule has 106 valence electrons. The Morgan fingerprint density at radius 2 is 1.58 bits per heavy atom. The Kier molecular flexibility index (Phi) is 5.26. The lowest BCUT2D eigenvalue weighted by Crippen LogP contribution is -2.32. The molecule has 0 amide bonds. The van der Waals surface area contributed by atoms with E-state index in [-0.39, 0.29) is 0 Å². The fraction of sp³-hybridized carbons (Fsp3) is 0.333. The molecule has 19 heavy (non-hydrogen) atoms. The van der Waals surface area contributed by atoms with Crippen molar-refractivity contribution in [1.82, 2.24) is 9.80 Å². The number of nitrogens with zero attached hydrogens (tertiary/aromatic N) is 2. The molecule has 0 radical (unpaired) electrons. The van der Waals surface area contributed by atoms with Crippen molar-refractivity contribution in [2.75, 3.05) is 7.05 Å². The van der Waals surface area contributed by atoms with Gasteiger partial charge in [-0.05, 0) is 12.5 Å². The van der Waals surface area contributed by atoms with Gasteiger partial charge in [0, 0.05) is 26.0 Å². The normalized spacial score (nSPS) is 18.3. The molecule has 1 heterocycles. The maximum Gasteiger partial charge on any atom is 0.673 e. The maximum atomic E-state index is 9.75. The fourth-order valence-electron chi connectivity index (χ4n) is 1.65. The summed E-state index contributed by atoms with van der Waals surface area (Å²) < 4.78 is 39.0. The minimum Gasteiger partial charge on any atom is -0.418 e. The first-order valence-electron chi connectivity index (χ1n) is 5.84. The van der Waals surface area contributed by atoms with Crippen LogP contribution in [0, 0.1) is 0 Å². The summed E-state index contributed by atoms with van der Waals surface area (Å²) in [5.74, 6) is 0. The van der Waals surface area contributed by atoms with Gasteiger partial charge in [0.1, 0.15) is 0 Å². The number of benzene rings is 1. The molecule has 1 atom stereocenters. The zero-order valence-corrected chi connectivity index (χ0v) is 10.8. The SMILES string of the molecule is CC1N(C)C=CN1Cc1ccccc1.F[B-](F)(F)F. The van der Waals surface area contributed by atoms with Gasteiger partial charge in [-0.2, -0.15) is 0 Å². The van der Waals surface area contributed by atoms with Crippen molar-refractivity contribution in [2.45, 2.75) is 19.6 Å². The summed E-state index contributed by atoms with van der Waals surface area (Å²) in [6.45, 7) is 3.20. The van der Waals surface area contributed by atoms with Gasteiger partial charge >= 0.3 is 7.25 Å². The van der Waals surface area contributed by atoms with Crippen LogP contribution in [-0.2, 0) is 6.54 Å². The molecular weight excluding hydrogens is 259 g/mol. The third kappa shape index (κ3) is 6.17. The Hall–Kier alpha value is -1.66. The first-order valence-corrected chi connectivity index (χ1v) is 5.84. The largest absolute Gasteiger partial charge is 0.673 e. The van der Waals surface area contributed by atoms with Crippen LogP contribution in [0.1, 0.15) is 12.5 Å². The van der Waals surface area contributed by atoms with E-state index in [1.807, 2.05) is 0 Å². The Morgan fingerprint density at radius 1 is 1.05 bits per heavy atom. The lowest BCUT2D eigenvalue weighted by atomic mass is 10.2. The summed E-state index contributed by atoms with van der Waals surface area (Å²) in [6.07, 6.45) is 4.74. The minimum absolute atomic E-state index is 0.468. The minimum atomic E-state index is -6.00. The highest BCUT2D eigenvalue weighted by Gasteiger charge is 2.20. The number of rotatable bonds is 2. The standard InChI is InChI=1S/C12H16N2.BF4/c1-11-13(2)8-9-14(11)10-12-6-4-3-5-7-12;2-1(3,4)5/h3-9,11H,10H2,1-2H3;/q;-1. The maximum absolute atomic E-state index is 9.75. The molecule has 0 N–H and O–H groups in total. The topological polar surface area (TPSA) is 6.48 Å². The summed E-state index contributed by atoms with van der Waals surface area (Å²) in [6, 6.07) is 10.6. The van der Waals surface area contributed by atoms with Crippen LogP contribution in [0.25, 0.3) is 0 Å². The van der Waals surface area contributed by atoms with Gasteiger partial charge in [0.05, 0.1) is 6.17 Å². The van der Waals surface area contributed by atoms with Crippen molar-refractivity contribution in [3.8, 4) is 0 Å². The Labute approximate surface area is 110 Å². The third-order valence-corrected chi connectivity index (χ3v) is 2.77. The van der Waals surface area contributed by atoms with Gasteiger partial charge in [0.15, 0.2) is 0 Å². The second-order valence-corrected chi connectivity index (χ2v) is 4.25. The number of halogens is 4. The van der Waals surface area contributed by atoms with Crippen LogP contribution in [0.3, 0.4) is 0 Å². The molecule has 1 unspecified atom stereocenters. The highest BCUT2D eigenvalue weighted by atomic mass is 19.5. The van der Waals surface area contributed by atoms with Crippen molar-refractivity contribution >= 4 is 7.25 Å².